The summed E-state index contributed by atoms with van der Waals surface area (Å²) >= 11 is 0. The zero-order valence-corrected chi connectivity index (χ0v) is 9.79. The molecule has 1 saturated heterocycles. The number of rotatable bonds is 3. The molecule has 0 aromatic heterocycles. The fourth-order valence-electron chi connectivity index (χ4n) is 2.09. The Labute approximate surface area is 90.7 Å². The second-order valence-electron chi connectivity index (χ2n) is 4.53. The number of ketones is 1. The van der Waals surface area contributed by atoms with Gasteiger partial charge in [-0.2, -0.15) is 0 Å². The molecule has 1 heterocycles. The van der Waals surface area contributed by atoms with Crippen molar-refractivity contribution in [2.24, 2.45) is 5.92 Å². The van der Waals surface area contributed by atoms with E-state index in [1.807, 2.05) is 0 Å². The van der Waals surface area contributed by atoms with Crippen LogP contribution in [0.25, 0.3) is 0 Å². The molecule has 15 heavy (non-hydrogen) atoms. The maximum absolute atomic E-state index is 11.9. The Hall–Kier alpha value is -0.420. The quantitative estimate of drug-likeness (QED) is 0.721. The van der Waals surface area contributed by atoms with E-state index in [2.05, 4.69) is 0 Å². The minimum absolute atomic E-state index is 0.0793. The van der Waals surface area contributed by atoms with Crippen molar-refractivity contribution in [2.75, 3.05) is 13.1 Å². The number of hydrogen-bond donors (Lipinski definition) is 0. The van der Waals surface area contributed by atoms with Crippen molar-refractivity contribution in [3.05, 3.63) is 0 Å². The summed E-state index contributed by atoms with van der Waals surface area (Å²) in [7, 11) is -3.02. The number of hydrogen-bond acceptors (Lipinski definition) is 3. The largest absolute Gasteiger partial charge is 0.300 e. The molecular formula is C10H17NO3S. The molecule has 1 saturated carbocycles. The first-order valence-corrected chi connectivity index (χ1v) is 7.01. The lowest BCUT2D eigenvalue weighted by Crippen LogP contribution is -2.41. The van der Waals surface area contributed by atoms with Crippen LogP contribution in [-0.4, -0.2) is 36.8 Å². The van der Waals surface area contributed by atoms with Crippen molar-refractivity contribution in [2.45, 2.75) is 37.9 Å². The molecule has 4 nitrogen and oxygen atoms in total. The van der Waals surface area contributed by atoms with Crippen LogP contribution in [0.5, 0.6) is 0 Å². The van der Waals surface area contributed by atoms with Gasteiger partial charge >= 0.3 is 0 Å². The molecule has 0 aromatic rings. The zero-order valence-electron chi connectivity index (χ0n) is 8.98. The normalized spacial score (nSPS) is 25.4. The van der Waals surface area contributed by atoms with Gasteiger partial charge in [-0.15, -0.1) is 0 Å². The summed E-state index contributed by atoms with van der Waals surface area (Å²) < 4.78 is 25.3. The van der Waals surface area contributed by atoms with Gasteiger partial charge in [0.05, 0.1) is 5.25 Å². The second kappa shape index (κ2) is 3.87. The molecule has 2 rings (SSSR count). The van der Waals surface area contributed by atoms with Gasteiger partial charge in [-0.25, -0.2) is 12.7 Å². The Morgan fingerprint density at radius 3 is 2.07 bits per heavy atom. The zero-order chi connectivity index (χ0) is 11.1. The van der Waals surface area contributed by atoms with Gasteiger partial charge in [0, 0.05) is 19.0 Å². The van der Waals surface area contributed by atoms with E-state index < -0.39 is 10.0 Å². The number of carbonyl (C=O) groups is 1. The van der Waals surface area contributed by atoms with E-state index in [1.54, 1.807) is 11.2 Å². The average molecular weight is 231 g/mol. The molecule has 0 bridgehead atoms. The Morgan fingerprint density at radius 1 is 1.13 bits per heavy atom. The van der Waals surface area contributed by atoms with Gasteiger partial charge in [0.2, 0.25) is 10.0 Å². The van der Waals surface area contributed by atoms with Crippen LogP contribution in [0, 0.1) is 5.92 Å². The van der Waals surface area contributed by atoms with Crippen molar-refractivity contribution in [3.8, 4) is 0 Å². The van der Waals surface area contributed by atoms with Crippen LogP contribution in [0.4, 0.5) is 0 Å². The van der Waals surface area contributed by atoms with Crippen LogP contribution < -0.4 is 0 Å². The van der Waals surface area contributed by atoms with Crippen molar-refractivity contribution in [3.63, 3.8) is 0 Å². The number of nitrogens with zero attached hydrogens (tertiary/aromatic N) is 1. The van der Waals surface area contributed by atoms with Gasteiger partial charge < -0.3 is 0 Å². The molecule has 0 atom stereocenters. The van der Waals surface area contributed by atoms with Crippen molar-refractivity contribution in [1.29, 1.82) is 0 Å². The molecule has 0 spiro atoms. The monoisotopic (exact) mass is 231 g/mol. The second-order valence-corrected chi connectivity index (χ2v) is 6.74. The maximum atomic E-state index is 11.9. The maximum Gasteiger partial charge on any atom is 0.216 e. The lowest BCUT2D eigenvalue weighted by Gasteiger charge is -2.29. The molecule has 0 unspecified atom stereocenters. The van der Waals surface area contributed by atoms with Crippen LogP contribution in [0.1, 0.15) is 32.6 Å². The van der Waals surface area contributed by atoms with Crippen molar-refractivity contribution < 1.29 is 13.2 Å². The number of piperidine rings is 1. The Morgan fingerprint density at radius 2 is 1.67 bits per heavy atom. The first-order valence-electron chi connectivity index (χ1n) is 5.51. The highest BCUT2D eigenvalue weighted by atomic mass is 32.2. The van der Waals surface area contributed by atoms with Crippen LogP contribution in [0.2, 0.25) is 0 Å². The SMILES string of the molecule is CC(=O)C1CCN(S(=O)(=O)C2CC2)CC1. The highest BCUT2D eigenvalue weighted by Crippen LogP contribution is 2.33. The van der Waals surface area contributed by atoms with Crippen LogP contribution in [0.15, 0.2) is 0 Å². The number of carbonyl (C=O) groups excluding carboxylic acids is 1. The lowest BCUT2D eigenvalue weighted by molar-refractivity contribution is -0.121. The van der Waals surface area contributed by atoms with Crippen molar-refractivity contribution in [1.82, 2.24) is 4.31 Å². The molecule has 2 aliphatic rings. The van der Waals surface area contributed by atoms with Gasteiger partial charge in [-0.05, 0) is 32.6 Å². The molecule has 0 amide bonds. The van der Waals surface area contributed by atoms with E-state index in [-0.39, 0.29) is 17.0 Å². The minimum atomic E-state index is -3.02. The summed E-state index contributed by atoms with van der Waals surface area (Å²) in [6.45, 7) is 2.65. The number of sulfonamides is 1. The summed E-state index contributed by atoms with van der Waals surface area (Å²) in [5.41, 5.74) is 0. The van der Waals surface area contributed by atoms with Crippen LogP contribution in [-0.2, 0) is 14.8 Å². The molecule has 1 aliphatic heterocycles. The highest BCUT2D eigenvalue weighted by Gasteiger charge is 2.41. The third-order valence-electron chi connectivity index (χ3n) is 3.33. The lowest BCUT2D eigenvalue weighted by atomic mass is 9.95. The smallest absolute Gasteiger partial charge is 0.216 e. The van der Waals surface area contributed by atoms with E-state index in [1.165, 1.54) is 0 Å². The first kappa shape index (κ1) is 11.1. The predicted octanol–water partition coefficient (Wildman–Crippen LogP) is 0.780. The topological polar surface area (TPSA) is 54.5 Å². The molecule has 0 radical (unpaired) electrons. The Balaban J connectivity index is 1.96. The minimum Gasteiger partial charge on any atom is -0.300 e. The predicted molar refractivity (Wildman–Crippen MR) is 56.9 cm³/mol. The Bertz CT molecular complexity index is 351. The molecule has 5 heteroatoms. The standard InChI is InChI=1S/C10H17NO3S/c1-8(12)9-4-6-11(7-5-9)15(13,14)10-2-3-10/h9-10H,2-7H2,1H3. The molecule has 0 N–H and O–H groups in total. The molecular weight excluding hydrogens is 214 g/mol. The van der Waals surface area contributed by atoms with E-state index in [0.29, 0.717) is 25.9 Å². The third kappa shape index (κ3) is 2.23. The van der Waals surface area contributed by atoms with E-state index >= 15 is 0 Å². The van der Waals surface area contributed by atoms with Gasteiger partial charge in [-0.3, -0.25) is 4.79 Å². The molecule has 2 fully saturated rings. The van der Waals surface area contributed by atoms with Crippen LogP contribution in [0.3, 0.4) is 0 Å². The van der Waals surface area contributed by atoms with Crippen LogP contribution >= 0.6 is 0 Å². The average Bonchev–Trinajstić information content (AvgIpc) is 3.01. The Kier molecular flexibility index (Phi) is 2.85. The van der Waals surface area contributed by atoms with E-state index in [9.17, 15) is 13.2 Å². The summed E-state index contributed by atoms with van der Waals surface area (Å²) in [6.07, 6.45) is 3.02. The van der Waals surface area contributed by atoms with E-state index in [4.69, 9.17) is 0 Å². The third-order valence-corrected chi connectivity index (χ3v) is 5.73. The fourth-order valence-corrected chi connectivity index (χ4v) is 3.97. The summed E-state index contributed by atoms with van der Waals surface area (Å²) in [4.78, 5) is 11.1. The molecule has 1 aliphatic carbocycles. The highest BCUT2D eigenvalue weighted by molar-refractivity contribution is 7.90. The summed E-state index contributed by atoms with van der Waals surface area (Å²) in [5, 5.41) is -0.119. The van der Waals surface area contributed by atoms with E-state index in [0.717, 1.165) is 12.8 Å². The van der Waals surface area contributed by atoms with Gasteiger partial charge in [0.1, 0.15) is 5.78 Å². The summed E-state index contributed by atoms with van der Waals surface area (Å²) in [6, 6.07) is 0. The summed E-state index contributed by atoms with van der Waals surface area (Å²) in [5.74, 6) is 0.272. The van der Waals surface area contributed by atoms with Gasteiger partial charge in [0.25, 0.3) is 0 Å². The number of Topliss-reactive ketones (excluding diaryl/α,β-unsaturated/α-hetero) is 1. The molecule has 86 valence electrons. The fraction of sp³-hybridized carbons (Fsp3) is 0.900. The van der Waals surface area contributed by atoms with Crippen molar-refractivity contribution >= 4 is 15.8 Å². The van der Waals surface area contributed by atoms with Gasteiger partial charge in [-0.1, -0.05) is 0 Å². The molecule has 0 aromatic carbocycles. The van der Waals surface area contributed by atoms with Gasteiger partial charge in [0.15, 0.2) is 0 Å². The first-order chi connectivity index (χ1) is 7.01.